The second-order valence-electron chi connectivity index (χ2n) is 4.47. The van der Waals surface area contributed by atoms with Gasteiger partial charge in [-0.25, -0.2) is 0 Å². The molecule has 0 bridgehead atoms. The van der Waals surface area contributed by atoms with Gasteiger partial charge in [0.15, 0.2) is 5.76 Å². The van der Waals surface area contributed by atoms with Gasteiger partial charge in [0.05, 0.1) is 10.5 Å². The zero-order chi connectivity index (χ0) is 15.0. The molecule has 0 fully saturated rings. The van der Waals surface area contributed by atoms with Crippen molar-refractivity contribution < 1.29 is 19.6 Å². The highest BCUT2D eigenvalue weighted by Gasteiger charge is 2.27. The van der Waals surface area contributed by atoms with E-state index >= 15 is 0 Å². The van der Waals surface area contributed by atoms with Crippen LogP contribution in [0.15, 0.2) is 48.2 Å². The van der Waals surface area contributed by atoms with E-state index in [4.69, 9.17) is 4.74 Å². The Hall–Kier alpha value is -3.15. The number of aromatic hydroxyl groups is 1. The van der Waals surface area contributed by atoms with Gasteiger partial charge >= 0.3 is 0 Å². The van der Waals surface area contributed by atoms with Crippen LogP contribution in [0.1, 0.15) is 15.9 Å². The Bertz CT molecular complexity index is 777. The number of ketones is 1. The molecule has 0 saturated carbocycles. The average Bonchev–Trinajstić information content (AvgIpc) is 2.75. The number of phenols is 1. The van der Waals surface area contributed by atoms with Crippen LogP contribution in [-0.2, 0) is 0 Å². The molecule has 0 radical (unpaired) electrons. The summed E-state index contributed by atoms with van der Waals surface area (Å²) in [6.45, 7) is 0. The van der Waals surface area contributed by atoms with Crippen molar-refractivity contribution in [2.24, 2.45) is 0 Å². The predicted octanol–water partition coefficient (Wildman–Crippen LogP) is 2.92. The summed E-state index contributed by atoms with van der Waals surface area (Å²) in [4.78, 5) is 22.2. The number of ether oxygens (including phenoxy) is 1. The predicted molar refractivity (Wildman–Crippen MR) is 74.1 cm³/mol. The summed E-state index contributed by atoms with van der Waals surface area (Å²) in [7, 11) is 0. The van der Waals surface area contributed by atoms with E-state index in [2.05, 4.69) is 0 Å². The van der Waals surface area contributed by atoms with Crippen LogP contribution < -0.4 is 4.74 Å². The first-order valence-electron chi connectivity index (χ1n) is 6.06. The summed E-state index contributed by atoms with van der Waals surface area (Å²) in [5.74, 6) is 0.138. The van der Waals surface area contributed by atoms with Gasteiger partial charge in [-0.1, -0.05) is 0 Å². The number of allylic oxidation sites excluding steroid dienone is 1. The second kappa shape index (κ2) is 4.75. The third kappa shape index (κ3) is 2.34. The van der Waals surface area contributed by atoms with E-state index in [1.165, 1.54) is 48.5 Å². The number of nitro groups is 1. The highest BCUT2D eigenvalue weighted by Crippen LogP contribution is 2.34. The van der Waals surface area contributed by atoms with Crippen LogP contribution in [0, 0.1) is 10.1 Å². The zero-order valence-electron chi connectivity index (χ0n) is 10.6. The number of benzene rings is 2. The molecule has 2 aromatic carbocycles. The van der Waals surface area contributed by atoms with E-state index in [-0.39, 0.29) is 23.0 Å². The van der Waals surface area contributed by atoms with Crippen LogP contribution in [0.2, 0.25) is 0 Å². The molecule has 0 unspecified atom stereocenters. The molecule has 3 rings (SSSR count). The Kier molecular flexibility index (Phi) is 2.91. The smallest absolute Gasteiger partial charge is 0.269 e. The number of rotatable bonds is 2. The molecule has 2 aromatic rings. The SMILES string of the molecule is O=C1C(=Cc2ccc([N+](=O)[O-])cc2)Oc2cc(O)ccc21. The van der Waals surface area contributed by atoms with Crippen LogP contribution >= 0.6 is 0 Å². The summed E-state index contributed by atoms with van der Waals surface area (Å²) >= 11 is 0. The molecule has 0 atom stereocenters. The molecule has 1 heterocycles. The Morgan fingerprint density at radius 3 is 2.52 bits per heavy atom. The fraction of sp³-hybridized carbons (Fsp3) is 0. The molecule has 1 aliphatic rings. The largest absolute Gasteiger partial charge is 0.508 e. The van der Waals surface area contributed by atoms with Crippen molar-refractivity contribution in [2.45, 2.75) is 0 Å². The molecule has 1 N–H and O–H groups in total. The summed E-state index contributed by atoms with van der Waals surface area (Å²) in [5.41, 5.74) is 0.964. The number of nitro benzene ring substituents is 1. The quantitative estimate of drug-likeness (QED) is 0.520. The van der Waals surface area contributed by atoms with Crippen LogP contribution in [0.5, 0.6) is 11.5 Å². The number of hydrogen-bond donors (Lipinski definition) is 1. The van der Waals surface area contributed by atoms with Crippen molar-refractivity contribution in [3.8, 4) is 11.5 Å². The molecule has 0 aliphatic carbocycles. The number of fused-ring (bicyclic) bond motifs is 1. The summed E-state index contributed by atoms with van der Waals surface area (Å²) in [6.07, 6.45) is 1.50. The van der Waals surface area contributed by atoms with Gasteiger partial charge < -0.3 is 9.84 Å². The summed E-state index contributed by atoms with van der Waals surface area (Å²) in [6, 6.07) is 10.0. The van der Waals surface area contributed by atoms with Gasteiger partial charge in [0, 0.05) is 18.2 Å². The molecule has 1 aliphatic heterocycles. The fourth-order valence-corrected chi connectivity index (χ4v) is 2.02. The topological polar surface area (TPSA) is 89.7 Å². The normalized spacial score (nSPS) is 14.9. The van der Waals surface area contributed by atoms with E-state index < -0.39 is 4.92 Å². The highest BCUT2D eigenvalue weighted by atomic mass is 16.6. The Morgan fingerprint density at radius 1 is 1.14 bits per heavy atom. The number of nitrogens with zero attached hydrogens (tertiary/aromatic N) is 1. The molecule has 104 valence electrons. The van der Waals surface area contributed by atoms with Crippen molar-refractivity contribution in [1.29, 1.82) is 0 Å². The third-order valence-corrected chi connectivity index (χ3v) is 3.06. The number of carbonyl (C=O) groups excluding carboxylic acids is 1. The molecule has 6 nitrogen and oxygen atoms in total. The van der Waals surface area contributed by atoms with Gasteiger partial charge in [0.1, 0.15) is 11.5 Å². The molecular formula is C15H9NO5. The number of non-ortho nitro benzene ring substituents is 1. The van der Waals surface area contributed by atoms with Crippen molar-refractivity contribution in [1.82, 2.24) is 0 Å². The number of phenolic OH excluding ortho intramolecular Hbond substituents is 1. The van der Waals surface area contributed by atoms with Crippen molar-refractivity contribution in [2.75, 3.05) is 0 Å². The maximum atomic E-state index is 12.1. The molecule has 0 amide bonds. The van der Waals surface area contributed by atoms with E-state index in [0.29, 0.717) is 16.9 Å². The van der Waals surface area contributed by atoms with Crippen LogP contribution in [-0.4, -0.2) is 15.8 Å². The van der Waals surface area contributed by atoms with Crippen molar-refractivity contribution in [3.63, 3.8) is 0 Å². The Labute approximate surface area is 119 Å². The van der Waals surface area contributed by atoms with E-state index in [9.17, 15) is 20.0 Å². The molecule has 0 spiro atoms. The number of Topliss-reactive ketones (excluding diaryl/α,β-unsaturated/α-hetero) is 1. The lowest BCUT2D eigenvalue weighted by Gasteiger charge is -1.99. The van der Waals surface area contributed by atoms with E-state index in [1.807, 2.05) is 0 Å². The third-order valence-electron chi connectivity index (χ3n) is 3.06. The maximum Gasteiger partial charge on any atom is 0.269 e. The standard InChI is InChI=1S/C15H9NO5/c17-11-5-6-12-13(8-11)21-14(15(12)18)7-9-1-3-10(4-2-9)16(19)20/h1-8,17H. The lowest BCUT2D eigenvalue weighted by atomic mass is 10.1. The monoisotopic (exact) mass is 283 g/mol. The van der Waals surface area contributed by atoms with Gasteiger partial charge in [-0.15, -0.1) is 0 Å². The highest BCUT2D eigenvalue weighted by molar-refractivity contribution is 6.14. The lowest BCUT2D eigenvalue weighted by molar-refractivity contribution is -0.384. The number of carbonyl (C=O) groups is 1. The molecule has 0 saturated heterocycles. The molecule has 0 aromatic heterocycles. The van der Waals surface area contributed by atoms with E-state index in [0.717, 1.165) is 0 Å². The first kappa shape index (κ1) is 12.9. The first-order valence-corrected chi connectivity index (χ1v) is 6.06. The zero-order valence-corrected chi connectivity index (χ0v) is 10.6. The summed E-state index contributed by atoms with van der Waals surface area (Å²) < 4.78 is 5.40. The average molecular weight is 283 g/mol. The van der Waals surface area contributed by atoms with Gasteiger partial charge in [0.25, 0.3) is 5.69 Å². The van der Waals surface area contributed by atoms with Crippen molar-refractivity contribution >= 4 is 17.5 Å². The van der Waals surface area contributed by atoms with Crippen LogP contribution in [0.4, 0.5) is 5.69 Å². The minimum absolute atomic E-state index is 0.0122. The van der Waals surface area contributed by atoms with E-state index in [1.54, 1.807) is 0 Å². The number of hydrogen-bond acceptors (Lipinski definition) is 5. The first-order chi connectivity index (χ1) is 10.0. The van der Waals surface area contributed by atoms with Gasteiger partial charge in [-0.05, 0) is 35.9 Å². The van der Waals surface area contributed by atoms with Crippen LogP contribution in [0.25, 0.3) is 6.08 Å². The Morgan fingerprint density at radius 2 is 1.86 bits per heavy atom. The van der Waals surface area contributed by atoms with Gasteiger partial charge in [-0.2, -0.15) is 0 Å². The maximum absolute atomic E-state index is 12.1. The van der Waals surface area contributed by atoms with Crippen LogP contribution in [0.3, 0.4) is 0 Å². The Balaban J connectivity index is 1.92. The molecule has 6 heteroatoms. The fourth-order valence-electron chi connectivity index (χ4n) is 2.02. The molecular weight excluding hydrogens is 274 g/mol. The van der Waals surface area contributed by atoms with Crippen molar-refractivity contribution in [3.05, 3.63) is 69.5 Å². The van der Waals surface area contributed by atoms with Gasteiger partial charge in [0.2, 0.25) is 5.78 Å². The molecule has 21 heavy (non-hydrogen) atoms. The minimum Gasteiger partial charge on any atom is -0.508 e. The second-order valence-corrected chi connectivity index (χ2v) is 4.47. The lowest BCUT2D eigenvalue weighted by Crippen LogP contribution is -1.98. The summed E-state index contributed by atoms with van der Waals surface area (Å²) in [5, 5.41) is 19.9. The minimum atomic E-state index is -0.493. The van der Waals surface area contributed by atoms with Gasteiger partial charge in [-0.3, -0.25) is 14.9 Å².